The van der Waals surface area contributed by atoms with Gasteiger partial charge in [-0.2, -0.15) is 8.78 Å². The Bertz CT molecular complexity index is 426. The van der Waals surface area contributed by atoms with E-state index in [1.807, 2.05) is 6.92 Å². The van der Waals surface area contributed by atoms with Crippen molar-refractivity contribution in [3.05, 3.63) is 23.8 Å². The van der Waals surface area contributed by atoms with Crippen molar-refractivity contribution < 1.29 is 18.6 Å². The molecule has 1 aromatic carbocycles. The fraction of sp³-hybridized carbons (Fsp3) is 0.571. The molecule has 0 radical (unpaired) electrons. The van der Waals surface area contributed by atoms with Gasteiger partial charge < -0.3 is 14.7 Å². The third-order valence-electron chi connectivity index (χ3n) is 3.39. The minimum atomic E-state index is -2.79. The largest absolute Gasteiger partial charge is 0.435 e. The summed E-state index contributed by atoms with van der Waals surface area (Å²) in [4.78, 5) is 2.11. The van der Waals surface area contributed by atoms with Gasteiger partial charge in [-0.15, -0.1) is 0 Å². The summed E-state index contributed by atoms with van der Waals surface area (Å²) in [5, 5.41) is 9.74. The number of rotatable bonds is 5. The molecule has 0 aromatic heterocycles. The Morgan fingerprint density at radius 3 is 2.89 bits per heavy atom. The van der Waals surface area contributed by atoms with Gasteiger partial charge in [-0.25, -0.2) is 0 Å². The number of alkyl halides is 2. The smallest absolute Gasteiger partial charge is 0.387 e. The van der Waals surface area contributed by atoms with E-state index in [0.717, 1.165) is 30.6 Å². The average Bonchev–Trinajstić information content (AvgIpc) is 2.38. The molecule has 0 unspecified atom stereocenters. The highest BCUT2D eigenvalue weighted by Crippen LogP contribution is 2.31. The van der Waals surface area contributed by atoms with Crippen LogP contribution in [-0.2, 0) is 6.42 Å². The van der Waals surface area contributed by atoms with E-state index >= 15 is 0 Å². The Hall–Kier alpha value is -1.36. The number of ether oxygens (including phenoxy) is 1. The van der Waals surface area contributed by atoms with Gasteiger partial charge in [0.15, 0.2) is 0 Å². The summed E-state index contributed by atoms with van der Waals surface area (Å²) in [5.74, 6) is 0.201. The van der Waals surface area contributed by atoms with Crippen molar-refractivity contribution in [3.8, 4) is 5.75 Å². The number of β-amino-alcohol motifs (C(OH)–C–C–N with tert-alkyl or cyclic N) is 1. The Kier molecular flexibility index (Phi) is 4.58. The van der Waals surface area contributed by atoms with Crippen LogP contribution in [0.15, 0.2) is 18.2 Å². The van der Waals surface area contributed by atoms with Crippen LogP contribution in [0, 0.1) is 0 Å². The summed E-state index contributed by atoms with van der Waals surface area (Å²) in [7, 11) is 0. The molecule has 0 amide bonds. The highest BCUT2D eigenvalue weighted by molar-refractivity contribution is 5.58. The number of benzene rings is 1. The van der Waals surface area contributed by atoms with Crippen LogP contribution in [0.3, 0.4) is 0 Å². The van der Waals surface area contributed by atoms with Crippen LogP contribution in [0.5, 0.6) is 5.75 Å². The number of aryl methyl sites for hydroxylation is 1. The molecule has 0 spiro atoms. The zero-order chi connectivity index (χ0) is 13.8. The number of halogens is 2. The molecule has 1 aliphatic heterocycles. The minimum absolute atomic E-state index is 0.201. The topological polar surface area (TPSA) is 32.7 Å². The maximum atomic E-state index is 12.2. The lowest BCUT2D eigenvalue weighted by molar-refractivity contribution is -0.0498. The Morgan fingerprint density at radius 1 is 1.42 bits per heavy atom. The molecule has 106 valence electrons. The van der Waals surface area contributed by atoms with Gasteiger partial charge in [-0.1, -0.05) is 6.92 Å². The third kappa shape index (κ3) is 3.56. The van der Waals surface area contributed by atoms with E-state index in [9.17, 15) is 13.9 Å². The van der Waals surface area contributed by atoms with E-state index in [0.29, 0.717) is 13.0 Å². The van der Waals surface area contributed by atoms with E-state index in [2.05, 4.69) is 9.64 Å². The number of hydrogen-bond acceptors (Lipinski definition) is 3. The van der Waals surface area contributed by atoms with Gasteiger partial charge in [0.25, 0.3) is 0 Å². The lowest BCUT2D eigenvalue weighted by Gasteiger charge is -2.33. The van der Waals surface area contributed by atoms with Crippen molar-refractivity contribution in [1.82, 2.24) is 0 Å². The fourth-order valence-electron chi connectivity index (χ4n) is 2.40. The molecule has 1 atom stereocenters. The van der Waals surface area contributed by atoms with Crippen molar-refractivity contribution in [2.45, 2.75) is 38.9 Å². The Labute approximate surface area is 111 Å². The summed E-state index contributed by atoms with van der Waals surface area (Å²) in [6.07, 6.45) is 2.16. The molecule has 1 heterocycles. The van der Waals surface area contributed by atoms with E-state index in [1.165, 1.54) is 0 Å². The van der Waals surface area contributed by atoms with Crippen molar-refractivity contribution in [2.75, 3.05) is 18.0 Å². The average molecular weight is 271 g/mol. The maximum Gasteiger partial charge on any atom is 0.387 e. The van der Waals surface area contributed by atoms with Crippen LogP contribution in [0.25, 0.3) is 0 Å². The first-order valence-electron chi connectivity index (χ1n) is 6.61. The molecule has 1 N–H and O–H groups in total. The van der Waals surface area contributed by atoms with Crippen molar-refractivity contribution in [3.63, 3.8) is 0 Å². The molecule has 19 heavy (non-hydrogen) atoms. The Morgan fingerprint density at radius 2 is 2.21 bits per heavy atom. The van der Waals surface area contributed by atoms with Gasteiger partial charge in [0.05, 0.1) is 6.10 Å². The maximum absolute atomic E-state index is 12.2. The number of aliphatic hydroxyl groups is 1. The zero-order valence-electron chi connectivity index (χ0n) is 11.0. The van der Waals surface area contributed by atoms with Gasteiger partial charge in [0.2, 0.25) is 0 Å². The second-order valence-electron chi connectivity index (χ2n) is 4.78. The van der Waals surface area contributed by atoms with Crippen LogP contribution in [0.1, 0.15) is 25.3 Å². The molecule has 0 fully saturated rings. The predicted octanol–water partition coefficient (Wildman–Crippen LogP) is 2.81. The van der Waals surface area contributed by atoms with Crippen LogP contribution in [-0.4, -0.2) is 30.9 Å². The molecular formula is C14H19F2NO2. The lowest BCUT2D eigenvalue weighted by Crippen LogP contribution is -2.36. The van der Waals surface area contributed by atoms with Gasteiger partial charge in [0.1, 0.15) is 5.75 Å². The standard InChI is InChI=1S/C14H19F2NO2/c1-2-11(18)9-17-7-3-4-10-8-12(19-14(15)16)5-6-13(10)17/h5-6,8,11,14,18H,2-4,7,9H2,1H3/t11-/m1/s1. The number of aliphatic hydroxyl groups excluding tert-OH is 1. The molecule has 2 rings (SSSR count). The molecule has 1 aliphatic rings. The number of fused-ring (bicyclic) bond motifs is 1. The SMILES string of the molecule is CC[C@@H](O)CN1CCCc2cc(OC(F)F)ccc21. The lowest BCUT2D eigenvalue weighted by atomic mass is 10.0. The highest BCUT2D eigenvalue weighted by atomic mass is 19.3. The molecule has 0 saturated carbocycles. The van der Waals surface area contributed by atoms with Crippen LogP contribution >= 0.6 is 0 Å². The molecule has 3 nitrogen and oxygen atoms in total. The first kappa shape index (κ1) is 14.1. The van der Waals surface area contributed by atoms with Crippen LogP contribution < -0.4 is 9.64 Å². The predicted molar refractivity (Wildman–Crippen MR) is 69.9 cm³/mol. The summed E-state index contributed by atoms with van der Waals surface area (Å²) in [6, 6.07) is 5.03. The first-order chi connectivity index (χ1) is 9.10. The van der Waals surface area contributed by atoms with Crippen molar-refractivity contribution in [1.29, 1.82) is 0 Å². The summed E-state index contributed by atoms with van der Waals surface area (Å²) in [5.41, 5.74) is 2.02. The summed E-state index contributed by atoms with van der Waals surface area (Å²) >= 11 is 0. The van der Waals surface area contributed by atoms with E-state index < -0.39 is 6.61 Å². The van der Waals surface area contributed by atoms with Gasteiger partial charge >= 0.3 is 6.61 Å². The second kappa shape index (κ2) is 6.19. The minimum Gasteiger partial charge on any atom is -0.435 e. The quantitative estimate of drug-likeness (QED) is 0.894. The molecule has 5 heteroatoms. The molecule has 0 saturated heterocycles. The number of hydrogen-bond donors (Lipinski definition) is 1. The van der Waals surface area contributed by atoms with Gasteiger partial charge in [0, 0.05) is 18.8 Å². The number of nitrogens with zero attached hydrogens (tertiary/aromatic N) is 1. The molecule has 0 aliphatic carbocycles. The normalized spacial score (nSPS) is 16.4. The van der Waals surface area contributed by atoms with Gasteiger partial charge in [-0.3, -0.25) is 0 Å². The zero-order valence-corrected chi connectivity index (χ0v) is 11.0. The highest BCUT2D eigenvalue weighted by Gasteiger charge is 2.19. The van der Waals surface area contributed by atoms with Crippen molar-refractivity contribution in [2.24, 2.45) is 0 Å². The molecular weight excluding hydrogens is 252 g/mol. The third-order valence-corrected chi connectivity index (χ3v) is 3.39. The summed E-state index contributed by atoms with van der Waals surface area (Å²) < 4.78 is 28.8. The van der Waals surface area contributed by atoms with E-state index in [-0.39, 0.29) is 11.9 Å². The number of anilines is 1. The molecule has 0 bridgehead atoms. The van der Waals surface area contributed by atoms with Gasteiger partial charge in [-0.05, 0) is 43.0 Å². The molecule has 1 aromatic rings. The first-order valence-corrected chi connectivity index (χ1v) is 6.61. The van der Waals surface area contributed by atoms with Crippen molar-refractivity contribution >= 4 is 5.69 Å². The second-order valence-corrected chi connectivity index (χ2v) is 4.78. The fourth-order valence-corrected chi connectivity index (χ4v) is 2.40. The Balaban J connectivity index is 2.16. The van der Waals surface area contributed by atoms with Crippen LogP contribution in [0.4, 0.5) is 14.5 Å². The van der Waals surface area contributed by atoms with Crippen LogP contribution in [0.2, 0.25) is 0 Å². The monoisotopic (exact) mass is 271 g/mol. The van der Waals surface area contributed by atoms with E-state index in [1.54, 1.807) is 18.2 Å². The summed E-state index contributed by atoms with van der Waals surface area (Å²) in [6.45, 7) is 0.618. The van der Waals surface area contributed by atoms with E-state index in [4.69, 9.17) is 0 Å².